The fraction of sp³-hybridized carbons (Fsp3) is 0.200. The molecule has 0 saturated heterocycles. The average molecular weight is 465 g/mol. The second-order valence-electron chi connectivity index (χ2n) is 7.21. The molecule has 0 aliphatic carbocycles. The number of ether oxygens (including phenoxy) is 3. The van der Waals surface area contributed by atoms with Crippen LogP contribution in [0.2, 0.25) is 0 Å². The summed E-state index contributed by atoms with van der Waals surface area (Å²) in [5.74, 6) is 0.850. The van der Waals surface area contributed by atoms with Crippen molar-refractivity contribution in [3.05, 3.63) is 70.6 Å². The van der Waals surface area contributed by atoms with Gasteiger partial charge in [-0.1, -0.05) is 19.1 Å². The lowest BCUT2D eigenvalue weighted by Gasteiger charge is -2.17. The van der Waals surface area contributed by atoms with E-state index in [2.05, 4.69) is 5.32 Å². The smallest absolute Gasteiger partial charge is 0.282 e. The molecule has 0 spiro atoms. The van der Waals surface area contributed by atoms with Crippen LogP contribution in [0.3, 0.4) is 0 Å². The number of hydrogen-bond acceptors (Lipinski definition) is 7. The number of amides is 2. The highest BCUT2D eigenvalue weighted by atomic mass is 32.1. The van der Waals surface area contributed by atoms with Crippen LogP contribution < -0.4 is 24.4 Å². The van der Waals surface area contributed by atoms with Crippen molar-refractivity contribution in [2.75, 3.05) is 31.0 Å². The van der Waals surface area contributed by atoms with Gasteiger partial charge in [-0.3, -0.25) is 9.59 Å². The zero-order valence-electron chi connectivity index (χ0n) is 18.6. The molecule has 2 heterocycles. The molecular weight excluding hydrogens is 440 g/mol. The number of thiophene rings is 1. The third kappa shape index (κ3) is 4.42. The van der Waals surface area contributed by atoms with Gasteiger partial charge in [-0.15, -0.1) is 11.3 Å². The molecule has 0 fully saturated rings. The molecule has 33 heavy (non-hydrogen) atoms. The molecule has 1 aliphatic rings. The number of imide groups is 1. The largest absolute Gasteiger partial charge is 0.494 e. The summed E-state index contributed by atoms with van der Waals surface area (Å²) in [4.78, 5) is 28.9. The van der Waals surface area contributed by atoms with Gasteiger partial charge in [-0.2, -0.15) is 0 Å². The van der Waals surface area contributed by atoms with Crippen molar-refractivity contribution in [3.8, 4) is 17.2 Å². The van der Waals surface area contributed by atoms with Gasteiger partial charge in [-0.05, 0) is 42.1 Å². The summed E-state index contributed by atoms with van der Waals surface area (Å²) in [6.07, 6.45) is 0.856. The van der Waals surface area contributed by atoms with Crippen LogP contribution in [0.25, 0.3) is 5.57 Å². The lowest BCUT2D eigenvalue weighted by atomic mass is 10.1. The highest BCUT2D eigenvalue weighted by molar-refractivity contribution is 7.11. The molecular formula is C25H24N2O5S. The van der Waals surface area contributed by atoms with Gasteiger partial charge in [0, 0.05) is 22.7 Å². The third-order valence-corrected chi connectivity index (χ3v) is 5.94. The Morgan fingerprint density at radius 2 is 1.76 bits per heavy atom. The van der Waals surface area contributed by atoms with E-state index >= 15 is 0 Å². The lowest BCUT2D eigenvalue weighted by Crippen LogP contribution is -2.32. The maximum atomic E-state index is 13.5. The molecule has 4 rings (SSSR count). The second kappa shape index (κ2) is 9.79. The SMILES string of the molecule is CCCOc1cccc(N2C(=O)C(Nc3ccc(OC)c(OC)c3)=C(c3cccs3)C2=O)c1. The standard InChI is InChI=1S/C25H24N2O5S/c1-4-12-32-18-8-5-7-17(15-18)27-24(28)22(21-9-6-13-33-21)23(25(27)29)26-16-10-11-19(30-2)20(14-16)31-3/h5-11,13-15,26H,4,12H2,1-3H3. The summed E-state index contributed by atoms with van der Waals surface area (Å²) in [7, 11) is 3.09. The first-order valence-corrected chi connectivity index (χ1v) is 11.3. The monoisotopic (exact) mass is 464 g/mol. The van der Waals surface area contributed by atoms with Crippen molar-refractivity contribution in [1.82, 2.24) is 0 Å². The minimum absolute atomic E-state index is 0.203. The van der Waals surface area contributed by atoms with Crippen LogP contribution in [0, 0.1) is 0 Å². The molecule has 3 aromatic rings. The number of benzene rings is 2. The summed E-state index contributed by atoms with van der Waals surface area (Å²) >= 11 is 1.40. The van der Waals surface area contributed by atoms with Crippen molar-refractivity contribution in [2.24, 2.45) is 0 Å². The normalized spacial score (nSPS) is 13.5. The van der Waals surface area contributed by atoms with Crippen molar-refractivity contribution < 1.29 is 23.8 Å². The molecule has 2 amide bonds. The number of carbonyl (C=O) groups excluding carboxylic acids is 2. The van der Waals surface area contributed by atoms with Gasteiger partial charge in [0.05, 0.1) is 32.1 Å². The number of hydrogen-bond donors (Lipinski definition) is 1. The van der Waals surface area contributed by atoms with Crippen LogP contribution in [0.4, 0.5) is 11.4 Å². The molecule has 1 aromatic heterocycles. The molecule has 1 N–H and O–H groups in total. The molecule has 7 nitrogen and oxygen atoms in total. The predicted molar refractivity (Wildman–Crippen MR) is 129 cm³/mol. The zero-order chi connectivity index (χ0) is 23.4. The summed E-state index contributed by atoms with van der Waals surface area (Å²) in [5.41, 5.74) is 1.58. The molecule has 0 radical (unpaired) electrons. The first kappa shape index (κ1) is 22.4. The van der Waals surface area contributed by atoms with E-state index in [1.54, 1.807) is 49.6 Å². The molecule has 1 aliphatic heterocycles. The predicted octanol–water partition coefficient (Wildman–Crippen LogP) is 4.95. The van der Waals surface area contributed by atoms with Gasteiger partial charge in [0.2, 0.25) is 0 Å². The van der Waals surface area contributed by atoms with E-state index in [0.717, 1.165) is 6.42 Å². The number of nitrogens with zero attached hydrogens (tertiary/aromatic N) is 1. The number of methoxy groups -OCH3 is 2. The van der Waals surface area contributed by atoms with Gasteiger partial charge in [-0.25, -0.2) is 4.90 Å². The van der Waals surface area contributed by atoms with Crippen LogP contribution in [0.15, 0.2) is 65.7 Å². The maximum absolute atomic E-state index is 13.5. The van der Waals surface area contributed by atoms with E-state index in [4.69, 9.17) is 14.2 Å². The summed E-state index contributed by atoms with van der Waals surface area (Å²) < 4.78 is 16.4. The summed E-state index contributed by atoms with van der Waals surface area (Å²) in [5, 5.41) is 5.01. The van der Waals surface area contributed by atoms with Gasteiger partial charge < -0.3 is 19.5 Å². The fourth-order valence-corrected chi connectivity index (χ4v) is 4.29. The Hall–Kier alpha value is -3.78. The number of anilines is 2. The average Bonchev–Trinajstić information content (AvgIpc) is 3.44. The van der Waals surface area contributed by atoms with Crippen LogP contribution in [-0.2, 0) is 9.59 Å². The van der Waals surface area contributed by atoms with Crippen molar-refractivity contribution >= 4 is 40.1 Å². The quantitative estimate of drug-likeness (QED) is 0.452. The van der Waals surface area contributed by atoms with Gasteiger partial charge in [0.1, 0.15) is 11.4 Å². The van der Waals surface area contributed by atoms with E-state index in [0.29, 0.717) is 45.7 Å². The first-order valence-electron chi connectivity index (χ1n) is 10.5. The summed E-state index contributed by atoms with van der Waals surface area (Å²) in [6.45, 7) is 2.57. The van der Waals surface area contributed by atoms with Crippen molar-refractivity contribution in [1.29, 1.82) is 0 Å². The number of rotatable bonds is 9. The maximum Gasteiger partial charge on any atom is 0.282 e. The Kier molecular flexibility index (Phi) is 6.65. The van der Waals surface area contributed by atoms with E-state index in [1.807, 2.05) is 24.4 Å². The molecule has 8 heteroatoms. The van der Waals surface area contributed by atoms with Crippen molar-refractivity contribution in [3.63, 3.8) is 0 Å². The van der Waals surface area contributed by atoms with Gasteiger partial charge >= 0.3 is 0 Å². The first-order chi connectivity index (χ1) is 16.1. The van der Waals surface area contributed by atoms with E-state index in [-0.39, 0.29) is 5.70 Å². The van der Waals surface area contributed by atoms with E-state index in [9.17, 15) is 9.59 Å². The van der Waals surface area contributed by atoms with E-state index in [1.165, 1.54) is 23.3 Å². The highest BCUT2D eigenvalue weighted by Gasteiger charge is 2.41. The second-order valence-corrected chi connectivity index (χ2v) is 8.16. The fourth-order valence-electron chi connectivity index (χ4n) is 3.52. The lowest BCUT2D eigenvalue weighted by molar-refractivity contribution is -0.120. The Bertz CT molecular complexity index is 1200. The number of nitrogens with one attached hydrogen (secondary N) is 1. The van der Waals surface area contributed by atoms with Crippen LogP contribution in [-0.4, -0.2) is 32.6 Å². The zero-order valence-corrected chi connectivity index (χ0v) is 19.4. The van der Waals surface area contributed by atoms with Crippen LogP contribution in [0.5, 0.6) is 17.2 Å². The number of carbonyl (C=O) groups is 2. The molecule has 0 atom stereocenters. The Balaban J connectivity index is 1.73. The van der Waals surface area contributed by atoms with Crippen molar-refractivity contribution in [2.45, 2.75) is 13.3 Å². The van der Waals surface area contributed by atoms with Crippen LogP contribution in [0.1, 0.15) is 18.2 Å². The van der Waals surface area contributed by atoms with Gasteiger partial charge in [0.15, 0.2) is 11.5 Å². The minimum atomic E-state index is -0.439. The topological polar surface area (TPSA) is 77.1 Å². The molecule has 0 bridgehead atoms. The molecule has 0 saturated carbocycles. The van der Waals surface area contributed by atoms with Crippen LogP contribution >= 0.6 is 11.3 Å². The third-order valence-electron chi connectivity index (χ3n) is 5.05. The Labute approximate surface area is 196 Å². The van der Waals surface area contributed by atoms with Gasteiger partial charge in [0.25, 0.3) is 11.8 Å². The Morgan fingerprint density at radius 3 is 2.45 bits per heavy atom. The minimum Gasteiger partial charge on any atom is -0.494 e. The molecule has 2 aromatic carbocycles. The molecule has 0 unspecified atom stereocenters. The highest BCUT2D eigenvalue weighted by Crippen LogP contribution is 2.37. The Morgan fingerprint density at radius 1 is 0.939 bits per heavy atom. The van der Waals surface area contributed by atoms with E-state index < -0.39 is 11.8 Å². The molecule has 170 valence electrons. The summed E-state index contributed by atoms with van der Waals surface area (Å²) in [6, 6.07) is 15.9.